The molecule has 0 amide bonds. The van der Waals surface area contributed by atoms with Gasteiger partial charge in [0.1, 0.15) is 5.82 Å². The quantitative estimate of drug-likeness (QED) is 0.869. The van der Waals surface area contributed by atoms with E-state index in [-0.39, 0.29) is 0 Å². The van der Waals surface area contributed by atoms with Crippen molar-refractivity contribution in [1.29, 1.82) is 0 Å². The summed E-state index contributed by atoms with van der Waals surface area (Å²) in [6.07, 6.45) is 6.68. The van der Waals surface area contributed by atoms with Crippen LogP contribution in [0.15, 0.2) is 12.3 Å². The summed E-state index contributed by atoms with van der Waals surface area (Å²) in [5.74, 6) is 1.82. The second-order valence-electron chi connectivity index (χ2n) is 5.06. The van der Waals surface area contributed by atoms with Crippen molar-refractivity contribution in [3.63, 3.8) is 0 Å². The van der Waals surface area contributed by atoms with E-state index in [1.54, 1.807) is 0 Å². The van der Waals surface area contributed by atoms with Crippen molar-refractivity contribution in [2.45, 2.75) is 58.5 Å². The number of rotatable bonds is 5. The molecule has 2 unspecified atom stereocenters. The summed E-state index contributed by atoms with van der Waals surface area (Å²) in [4.78, 5) is 11.4. The Hall–Kier alpha value is -1.32. The third-order valence-electron chi connectivity index (χ3n) is 3.70. The first-order chi connectivity index (χ1) is 8.76. The molecule has 1 N–H and O–H groups in total. The molecule has 1 aromatic rings. The molecular formula is C14H24N4. The molecule has 0 spiro atoms. The van der Waals surface area contributed by atoms with Gasteiger partial charge in [0.25, 0.3) is 0 Å². The summed E-state index contributed by atoms with van der Waals surface area (Å²) in [5.41, 5.74) is 0. The first-order valence-electron chi connectivity index (χ1n) is 7.11. The van der Waals surface area contributed by atoms with Crippen molar-refractivity contribution < 1.29 is 0 Å². The Bertz CT molecular complexity index is 380. The van der Waals surface area contributed by atoms with Crippen molar-refractivity contribution in [3.8, 4) is 0 Å². The van der Waals surface area contributed by atoms with Crippen LogP contribution < -0.4 is 10.2 Å². The molecule has 0 aromatic carbocycles. The van der Waals surface area contributed by atoms with Gasteiger partial charge in [-0.25, -0.2) is 4.98 Å². The Morgan fingerprint density at radius 1 is 1.39 bits per heavy atom. The van der Waals surface area contributed by atoms with Gasteiger partial charge in [-0.15, -0.1) is 0 Å². The Balaban J connectivity index is 2.16. The Morgan fingerprint density at radius 2 is 2.22 bits per heavy atom. The van der Waals surface area contributed by atoms with Crippen molar-refractivity contribution in [2.24, 2.45) is 0 Å². The average Bonchev–Trinajstić information content (AvgIpc) is 2.78. The van der Waals surface area contributed by atoms with Crippen LogP contribution in [-0.2, 0) is 0 Å². The molecule has 4 heteroatoms. The minimum atomic E-state index is 0.587. The molecule has 4 nitrogen and oxygen atoms in total. The highest BCUT2D eigenvalue weighted by Crippen LogP contribution is 2.30. The second-order valence-corrected chi connectivity index (χ2v) is 5.06. The Morgan fingerprint density at radius 3 is 2.94 bits per heavy atom. The number of nitrogens with one attached hydrogen (secondary N) is 1. The molecule has 1 aromatic heterocycles. The largest absolute Gasteiger partial charge is 0.354 e. The smallest absolute Gasteiger partial charge is 0.224 e. The lowest BCUT2D eigenvalue weighted by atomic mass is 10.1. The highest BCUT2D eigenvalue weighted by Gasteiger charge is 2.30. The van der Waals surface area contributed by atoms with Crippen LogP contribution in [0.1, 0.15) is 46.5 Å². The first-order valence-corrected chi connectivity index (χ1v) is 7.11. The fourth-order valence-electron chi connectivity index (χ4n) is 2.70. The molecule has 0 bridgehead atoms. The SMILES string of the molecule is CCCNc1nccc(N2C(C)CCC2CC)n1. The molecule has 0 radical (unpaired) electrons. The lowest BCUT2D eigenvalue weighted by Crippen LogP contribution is -2.34. The maximum Gasteiger partial charge on any atom is 0.224 e. The van der Waals surface area contributed by atoms with Crippen LogP contribution in [0, 0.1) is 0 Å². The molecule has 2 atom stereocenters. The van der Waals surface area contributed by atoms with Gasteiger partial charge in [0, 0.05) is 24.8 Å². The molecule has 1 aliphatic rings. The second kappa shape index (κ2) is 6.03. The van der Waals surface area contributed by atoms with E-state index in [4.69, 9.17) is 0 Å². The summed E-state index contributed by atoms with van der Waals surface area (Å²) in [5, 5.41) is 3.26. The molecule has 2 heterocycles. The number of anilines is 2. The third kappa shape index (κ3) is 2.74. The zero-order valence-electron chi connectivity index (χ0n) is 11.7. The minimum Gasteiger partial charge on any atom is -0.354 e. The maximum absolute atomic E-state index is 4.64. The summed E-state index contributed by atoms with van der Waals surface area (Å²) in [7, 11) is 0. The maximum atomic E-state index is 4.64. The highest BCUT2D eigenvalue weighted by atomic mass is 15.3. The van der Waals surface area contributed by atoms with Crippen LogP contribution in [0.25, 0.3) is 0 Å². The summed E-state index contributed by atoms with van der Waals surface area (Å²) in [6.45, 7) is 7.62. The van der Waals surface area contributed by atoms with Crippen LogP contribution in [0.2, 0.25) is 0 Å². The average molecular weight is 248 g/mol. The Labute approximate surface area is 110 Å². The van der Waals surface area contributed by atoms with E-state index in [0.717, 1.165) is 24.7 Å². The van der Waals surface area contributed by atoms with E-state index in [1.165, 1.54) is 19.3 Å². The van der Waals surface area contributed by atoms with Gasteiger partial charge >= 0.3 is 0 Å². The fourth-order valence-corrected chi connectivity index (χ4v) is 2.70. The lowest BCUT2D eigenvalue weighted by molar-refractivity contribution is 0.620. The van der Waals surface area contributed by atoms with E-state index in [2.05, 4.69) is 41.0 Å². The molecule has 0 saturated carbocycles. The predicted octanol–water partition coefficient (Wildman–Crippen LogP) is 3.07. The van der Waals surface area contributed by atoms with Gasteiger partial charge in [0.15, 0.2) is 0 Å². The minimum absolute atomic E-state index is 0.587. The highest BCUT2D eigenvalue weighted by molar-refractivity contribution is 5.45. The lowest BCUT2D eigenvalue weighted by Gasteiger charge is -2.29. The molecule has 1 aliphatic heterocycles. The fraction of sp³-hybridized carbons (Fsp3) is 0.714. The van der Waals surface area contributed by atoms with Crippen molar-refractivity contribution in [2.75, 3.05) is 16.8 Å². The number of hydrogen-bond acceptors (Lipinski definition) is 4. The van der Waals surface area contributed by atoms with E-state index in [9.17, 15) is 0 Å². The zero-order valence-corrected chi connectivity index (χ0v) is 11.7. The normalized spacial score (nSPS) is 23.4. The van der Waals surface area contributed by atoms with Crippen molar-refractivity contribution in [1.82, 2.24) is 9.97 Å². The van der Waals surface area contributed by atoms with Gasteiger partial charge in [0.2, 0.25) is 5.95 Å². The molecule has 100 valence electrons. The molecule has 2 rings (SSSR count). The van der Waals surface area contributed by atoms with Gasteiger partial charge < -0.3 is 10.2 Å². The monoisotopic (exact) mass is 248 g/mol. The summed E-state index contributed by atoms with van der Waals surface area (Å²) < 4.78 is 0. The van der Waals surface area contributed by atoms with E-state index in [0.29, 0.717) is 12.1 Å². The van der Waals surface area contributed by atoms with Crippen LogP contribution in [-0.4, -0.2) is 28.6 Å². The van der Waals surface area contributed by atoms with Gasteiger partial charge in [-0.05, 0) is 38.7 Å². The van der Waals surface area contributed by atoms with E-state index >= 15 is 0 Å². The first kappa shape index (κ1) is 13.1. The molecular weight excluding hydrogens is 224 g/mol. The number of aromatic nitrogens is 2. The summed E-state index contributed by atoms with van der Waals surface area (Å²) in [6, 6.07) is 3.25. The van der Waals surface area contributed by atoms with Gasteiger partial charge in [-0.2, -0.15) is 4.98 Å². The molecule has 0 aliphatic carbocycles. The number of hydrogen-bond donors (Lipinski definition) is 1. The molecule has 1 saturated heterocycles. The molecule has 18 heavy (non-hydrogen) atoms. The van der Waals surface area contributed by atoms with Crippen LogP contribution in [0.3, 0.4) is 0 Å². The summed E-state index contributed by atoms with van der Waals surface area (Å²) >= 11 is 0. The van der Waals surface area contributed by atoms with Gasteiger partial charge in [-0.3, -0.25) is 0 Å². The van der Waals surface area contributed by atoms with Crippen LogP contribution >= 0.6 is 0 Å². The third-order valence-corrected chi connectivity index (χ3v) is 3.70. The van der Waals surface area contributed by atoms with Crippen molar-refractivity contribution in [3.05, 3.63) is 12.3 Å². The Kier molecular flexibility index (Phi) is 4.39. The van der Waals surface area contributed by atoms with Gasteiger partial charge in [0.05, 0.1) is 0 Å². The topological polar surface area (TPSA) is 41.1 Å². The van der Waals surface area contributed by atoms with Crippen LogP contribution in [0.4, 0.5) is 11.8 Å². The van der Waals surface area contributed by atoms with E-state index in [1.807, 2.05) is 12.3 Å². The molecule has 1 fully saturated rings. The number of nitrogens with zero attached hydrogens (tertiary/aromatic N) is 3. The van der Waals surface area contributed by atoms with Crippen molar-refractivity contribution >= 4 is 11.8 Å². The standard InChI is InChI=1S/C14H24N4/c1-4-9-15-14-16-10-8-13(17-14)18-11(3)6-7-12(18)5-2/h8,10-12H,4-7,9H2,1-3H3,(H,15,16,17). The van der Waals surface area contributed by atoms with E-state index < -0.39 is 0 Å². The van der Waals surface area contributed by atoms with Crippen LogP contribution in [0.5, 0.6) is 0 Å². The predicted molar refractivity (Wildman–Crippen MR) is 76.1 cm³/mol. The van der Waals surface area contributed by atoms with Gasteiger partial charge in [-0.1, -0.05) is 13.8 Å². The zero-order chi connectivity index (χ0) is 13.0.